The fraction of sp³-hybridized carbons (Fsp3) is 0.733. The van der Waals surface area contributed by atoms with Gasteiger partial charge in [-0.25, -0.2) is 8.42 Å². The Hall–Kier alpha value is -0.520. The lowest BCUT2D eigenvalue weighted by Gasteiger charge is -2.15. The fourth-order valence-electron chi connectivity index (χ4n) is 3.25. The molecule has 0 radical (unpaired) electrons. The van der Waals surface area contributed by atoms with Gasteiger partial charge in [0.25, 0.3) is 0 Å². The van der Waals surface area contributed by atoms with Crippen molar-refractivity contribution in [2.24, 2.45) is 5.92 Å². The van der Waals surface area contributed by atoms with E-state index in [1.165, 1.54) is 0 Å². The highest BCUT2D eigenvalue weighted by atomic mass is 35.5. The largest absolute Gasteiger partial charge is 0.346 e. The molecule has 1 aromatic rings. The Kier molecular flexibility index (Phi) is 4.35. The number of hydrogen-bond acceptors (Lipinski definition) is 2. The van der Waals surface area contributed by atoms with Crippen molar-refractivity contribution in [3.05, 3.63) is 18.0 Å². The Morgan fingerprint density at radius 1 is 1.33 bits per heavy atom. The minimum Gasteiger partial charge on any atom is -0.346 e. The topological polar surface area (TPSA) is 42.3 Å². The average Bonchev–Trinajstić information content (AvgIpc) is 3.02. The van der Waals surface area contributed by atoms with E-state index in [-0.39, 0.29) is 0 Å². The van der Waals surface area contributed by atoms with Crippen LogP contribution in [0.3, 0.4) is 0 Å². The van der Waals surface area contributed by atoms with Crippen molar-refractivity contribution in [2.45, 2.75) is 55.8 Å². The van der Waals surface area contributed by atoms with E-state index in [4.69, 9.17) is 11.6 Å². The summed E-state index contributed by atoms with van der Waals surface area (Å²) in [4.78, 5) is 0.419. The van der Waals surface area contributed by atoms with Crippen LogP contribution in [0.15, 0.2) is 17.2 Å². The maximum atomic E-state index is 12.8. The van der Waals surface area contributed by atoms with Crippen LogP contribution in [0.4, 0.5) is 0 Å². The summed E-state index contributed by atoms with van der Waals surface area (Å²) >= 11 is 5.96. The third-order valence-electron chi connectivity index (χ3n) is 4.57. The number of nitrogens with zero attached hydrogens (tertiary/aromatic N) is 2. The molecule has 2 fully saturated rings. The smallest absolute Gasteiger partial charge is 0.244 e. The van der Waals surface area contributed by atoms with Crippen molar-refractivity contribution < 1.29 is 8.42 Å². The van der Waals surface area contributed by atoms with Crippen LogP contribution in [0.25, 0.3) is 0 Å². The molecule has 1 saturated heterocycles. The minimum atomic E-state index is -3.35. The number of hydrogen-bond donors (Lipinski definition) is 0. The van der Waals surface area contributed by atoms with Gasteiger partial charge >= 0.3 is 0 Å². The number of halogens is 1. The van der Waals surface area contributed by atoms with E-state index in [1.807, 2.05) is 0 Å². The van der Waals surface area contributed by atoms with Gasteiger partial charge in [-0.05, 0) is 37.7 Å². The first-order valence-electron chi connectivity index (χ1n) is 7.83. The van der Waals surface area contributed by atoms with Crippen LogP contribution in [0.2, 0.25) is 0 Å². The highest BCUT2D eigenvalue weighted by Crippen LogP contribution is 2.38. The standard InChI is InChI=1S/C15H23ClN2O2S/c1-2-3-12-6-7-17(10-12)21(19,20)15-8-14(9-16)18(11-15)13-4-5-13/h8,11-13H,2-7,9-10H2,1H3. The van der Waals surface area contributed by atoms with E-state index in [2.05, 4.69) is 11.5 Å². The van der Waals surface area contributed by atoms with Crippen LogP contribution in [-0.4, -0.2) is 30.4 Å². The van der Waals surface area contributed by atoms with Gasteiger partial charge in [-0.3, -0.25) is 0 Å². The number of rotatable bonds is 6. The normalized spacial score (nSPS) is 23.8. The summed E-state index contributed by atoms with van der Waals surface area (Å²) in [7, 11) is -3.35. The maximum absolute atomic E-state index is 12.8. The highest BCUT2D eigenvalue weighted by molar-refractivity contribution is 7.89. The summed E-state index contributed by atoms with van der Waals surface area (Å²) in [5.41, 5.74) is 0.919. The minimum absolute atomic E-state index is 0.366. The molecular weight excluding hydrogens is 308 g/mol. The quantitative estimate of drug-likeness (QED) is 0.750. The monoisotopic (exact) mass is 330 g/mol. The molecule has 1 atom stereocenters. The predicted molar refractivity (Wildman–Crippen MR) is 84.0 cm³/mol. The van der Waals surface area contributed by atoms with Crippen molar-refractivity contribution in [2.75, 3.05) is 13.1 Å². The Balaban J connectivity index is 1.82. The average molecular weight is 331 g/mol. The van der Waals surface area contributed by atoms with Crippen LogP contribution in [0.5, 0.6) is 0 Å². The summed E-state index contributed by atoms with van der Waals surface area (Å²) in [6, 6.07) is 2.21. The molecule has 2 aliphatic rings. The van der Waals surface area contributed by atoms with E-state index in [1.54, 1.807) is 16.6 Å². The van der Waals surface area contributed by atoms with E-state index in [0.29, 0.717) is 35.8 Å². The lowest BCUT2D eigenvalue weighted by Crippen LogP contribution is -2.28. The van der Waals surface area contributed by atoms with E-state index in [0.717, 1.165) is 37.8 Å². The molecule has 1 aliphatic carbocycles. The molecule has 6 heteroatoms. The molecule has 1 unspecified atom stereocenters. The lowest BCUT2D eigenvalue weighted by molar-refractivity contribution is 0.444. The zero-order valence-corrected chi connectivity index (χ0v) is 14.0. The second-order valence-electron chi connectivity index (χ2n) is 6.25. The molecule has 0 N–H and O–H groups in total. The van der Waals surface area contributed by atoms with E-state index in [9.17, 15) is 8.42 Å². The van der Waals surface area contributed by atoms with Crippen molar-refractivity contribution >= 4 is 21.6 Å². The molecule has 0 spiro atoms. The van der Waals surface area contributed by atoms with Gasteiger partial charge in [-0.2, -0.15) is 4.31 Å². The maximum Gasteiger partial charge on any atom is 0.244 e. The molecule has 0 amide bonds. The van der Waals surface area contributed by atoms with Crippen LogP contribution in [0, 0.1) is 5.92 Å². The molecule has 1 saturated carbocycles. The summed E-state index contributed by atoms with van der Waals surface area (Å²) < 4.78 is 29.3. The molecule has 1 aliphatic heterocycles. The van der Waals surface area contributed by atoms with Gasteiger partial charge in [0.15, 0.2) is 0 Å². The second kappa shape index (κ2) is 5.94. The van der Waals surface area contributed by atoms with Gasteiger partial charge in [0.1, 0.15) is 4.90 Å². The molecular formula is C15H23ClN2O2S. The van der Waals surface area contributed by atoms with Crippen LogP contribution >= 0.6 is 11.6 Å². The van der Waals surface area contributed by atoms with Crippen LogP contribution in [-0.2, 0) is 15.9 Å². The molecule has 3 rings (SSSR count). The summed E-state index contributed by atoms with van der Waals surface area (Å²) in [6.07, 6.45) is 7.26. The molecule has 0 aromatic carbocycles. The fourth-order valence-corrected chi connectivity index (χ4v) is 5.04. The third kappa shape index (κ3) is 3.01. The van der Waals surface area contributed by atoms with Gasteiger partial charge in [0, 0.05) is 31.0 Å². The van der Waals surface area contributed by atoms with Crippen molar-refractivity contribution in [1.82, 2.24) is 8.87 Å². The van der Waals surface area contributed by atoms with Gasteiger partial charge in [-0.1, -0.05) is 13.3 Å². The first kappa shape index (κ1) is 15.4. The number of aromatic nitrogens is 1. The Morgan fingerprint density at radius 3 is 2.71 bits per heavy atom. The van der Waals surface area contributed by atoms with Crippen LogP contribution in [0.1, 0.15) is 50.8 Å². The first-order valence-corrected chi connectivity index (χ1v) is 9.80. The highest BCUT2D eigenvalue weighted by Gasteiger charge is 2.34. The predicted octanol–water partition coefficient (Wildman–Crippen LogP) is 3.37. The van der Waals surface area contributed by atoms with E-state index < -0.39 is 10.0 Å². The van der Waals surface area contributed by atoms with Crippen molar-refractivity contribution in [3.8, 4) is 0 Å². The number of alkyl halides is 1. The molecule has 1 aromatic heterocycles. The molecule has 4 nitrogen and oxygen atoms in total. The molecule has 0 bridgehead atoms. The molecule has 21 heavy (non-hydrogen) atoms. The Morgan fingerprint density at radius 2 is 2.10 bits per heavy atom. The van der Waals surface area contributed by atoms with Gasteiger partial charge in [0.05, 0.1) is 5.88 Å². The molecule has 2 heterocycles. The third-order valence-corrected chi connectivity index (χ3v) is 6.67. The zero-order valence-electron chi connectivity index (χ0n) is 12.5. The zero-order chi connectivity index (χ0) is 15.0. The van der Waals surface area contributed by atoms with Gasteiger partial charge < -0.3 is 4.57 Å². The SMILES string of the molecule is CCCC1CCN(S(=O)(=O)c2cc(CCl)n(C3CC3)c2)C1. The summed E-state index contributed by atoms with van der Waals surface area (Å²) in [6.45, 7) is 3.47. The second-order valence-corrected chi connectivity index (χ2v) is 8.45. The Labute approximate surface area is 132 Å². The summed E-state index contributed by atoms with van der Waals surface area (Å²) in [5, 5.41) is 0. The van der Waals surface area contributed by atoms with E-state index >= 15 is 0 Å². The van der Waals surface area contributed by atoms with Crippen LogP contribution < -0.4 is 0 Å². The lowest BCUT2D eigenvalue weighted by atomic mass is 10.0. The van der Waals surface area contributed by atoms with Crippen molar-refractivity contribution in [1.29, 1.82) is 0 Å². The molecule has 118 valence electrons. The van der Waals surface area contributed by atoms with Gasteiger partial charge in [0.2, 0.25) is 10.0 Å². The van der Waals surface area contributed by atoms with Crippen molar-refractivity contribution in [3.63, 3.8) is 0 Å². The van der Waals surface area contributed by atoms with Gasteiger partial charge in [-0.15, -0.1) is 11.6 Å². The first-order chi connectivity index (χ1) is 10.1. The summed E-state index contributed by atoms with van der Waals surface area (Å²) in [5.74, 6) is 0.882. The Bertz CT molecular complexity index is 607. The number of sulfonamides is 1.